The van der Waals surface area contributed by atoms with Gasteiger partial charge in [-0.2, -0.15) is 4.98 Å². The quantitative estimate of drug-likeness (QED) is 0.784. The molecule has 3 aromatic rings. The summed E-state index contributed by atoms with van der Waals surface area (Å²) in [6.07, 6.45) is 5.01. The van der Waals surface area contributed by atoms with Gasteiger partial charge in [-0.3, -0.25) is 4.98 Å². The molecule has 3 heterocycles. The zero-order valence-corrected chi connectivity index (χ0v) is 11.2. The monoisotopic (exact) mass is 290 g/mol. The lowest BCUT2D eigenvalue weighted by Gasteiger charge is -1.94. The maximum absolute atomic E-state index is 5.78. The van der Waals surface area contributed by atoms with E-state index in [2.05, 4.69) is 20.1 Å². The van der Waals surface area contributed by atoms with Crippen LogP contribution in [0.15, 0.2) is 35.4 Å². The van der Waals surface area contributed by atoms with Gasteiger partial charge in [0, 0.05) is 25.5 Å². The Kier molecular flexibility index (Phi) is 3.44. The second-order valence-corrected chi connectivity index (χ2v) is 4.51. The third-order valence-electron chi connectivity index (χ3n) is 2.62. The molecule has 7 nitrogen and oxygen atoms in total. The molecule has 0 saturated heterocycles. The summed E-state index contributed by atoms with van der Waals surface area (Å²) < 4.78 is 7.05. The first-order valence-electron chi connectivity index (χ1n) is 5.94. The smallest absolute Gasteiger partial charge is 0.278 e. The summed E-state index contributed by atoms with van der Waals surface area (Å²) in [7, 11) is 0. The molecule has 0 aliphatic heterocycles. The van der Waals surface area contributed by atoms with Gasteiger partial charge in [0.05, 0.1) is 11.3 Å². The van der Waals surface area contributed by atoms with Crippen LogP contribution in [0.4, 0.5) is 0 Å². The molecule has 0 atom stereocenters. The topological polar surface area (TPSA) is 95.7 Å². The molecule has 102 valence electrons. The molecular formula is C12H11ClN6O. The van der Waals surface area contributed by atoms with Crippen molar-refractivity contribution in [2.75, 3.05) is 6.54 Å². The Bertz CT molecular complexity index is 705. The van der Waals surface area contributed by atoms with Gasteiger partial charge in [-0.15, -0.1) is 0 Å². The van der Waals surface area contributed by atoms with Crippen molar-refractivity contribution >= 4 is 11.6 Å². The highest BCUT2D eigenvalue weighted by Gasteiger charge is 2.13. The first-order valence-corrected chi connectivity index (χ1v) is 6.32. The summed E-state index contributed by atoms with van der Waals surface area (Å²) in [5.74, 6) is 0.734. The number of hydrogen-bond acceptors (Lipinski definition) is 6. The predicted octanol–water partition coefficient (Wildman–Crippen LogP) is 1.61. The fourth-order valence-corrected chi connectivity index (χ4v) is 1.79. The van der Waals surface area contributed by atoms with Crippen LogP contribution >= 0.6 is 11.6 Å². The second kappa shape index (κ2) is 5.40. The Morgan fingerprint density at radius 3 is 2.90 bits per heavy atom. The summed E-state index contributed by atoms with van der Waals surface area (Å²) >= 11 is 5.78. The van der Waals surface area contributed by atoms with Crippen LogP contribution in [0.1, 0.15) is 0 Å². The highest BCUT2D eigenvalue weighted by molar-refractivity contribution is 6.30. The van der Waals surface area contributed by atoms with Gasteiger partial charge in [0.1, 0.15) is 11.4 Å². The maximum atomic E-state index is 5.78. The van der Waals surface area contributed by atoms with E-state index in [1.807, 2.05) is 4.57 Å². The Balaban J connectivity index is 1.87. The van der Waals surface area contributed by atoms with Crippen molar-refractivity contribution in [1.82, 2.24) is 24.7 Å². The number of rotatable bonds is 4. The van der Waals surface area contributed by atoms with Crippen molar-refractivity contribution < 1.29 is 4.52 Å². The zero-order valence-electron chi connectivity index (χ0n) is 10.4. The first kappa shape index (κ1) is 12.8. The molecule has 0 spiro atoms. The van der Waals surface area contributed by atoms with Crippen LogP contribution in [-0.4, -0.2) is 31.2 Å². The molecule has 2 N–H and O–H groups in total. The van der Waals surface area contributed by atoms with Crippen molar-refractivity contribution in [3.63, 3.8) is 0 Å². The average molecular weight is 291 g/mol. The van der Waals surface area contributed by atoms with Crippen LogP contribution in [0.3, 0.4) is 0 Å². The van der Waals surface area contributed by atoms with Crippen LogP contribution in [0.5, 0.6) is 0 Å². The lowest BCUT2D eigenvalue weighted by atomic mass is 10.3. The average Bonchev–Trinajstić information content (AvgIpc) is 3.08. The largest absolute Gasteiger partial charge is 0.335 e. The van der Waals surface area contributed by atoms with E-state index in [4.69, 9.17) is 21.9 Å². The summed E-state index contributed by atoms with van der Waals surface area (Å²) in [5.41, 5.74) is 6.67. The number of aromatic nitrogens is 5. The molecule has 0 radical (unpaired) electrons. The minimum Gasteiger partial charge on any atom is -0.335 e. The fourth-order valence-electron chi connectivity index (χ4n) is 1.68. The number of halogens is 1. The highest BCUT2D eigenvalue weighted by Crippen LogP contribution is 2.20. The van der Waals surface area contributed by atoms with E-state index in [-0.39, 0.29) is 0 Å². The Labute approximate surface area is 119 Å². The Morgan fingerprint density at radius 2 is 2.15 bits per heavy atom. The van der Waals surface area contributed by atoms with Crippen molar-refractivity contribution in [2.45, 2.75) is 6.54 Å². The lowest BCUT2D eigenvalue weighted by molar-refractivity contribution is 0.431. The van der Waals surface area contributed by atoms with Crippen LogP contribution in [0.2, 0.25) is 5.02 Å². The molecule has 0 aliphatic rings. The molecule has 0 saturated carbocycles. The Hall–Kier alpha value is -2.25. The van der Waals surface area contributed by atoms with Crippen molar-refractivity contribution in [1.29, 1.82) is 0 Å². The third kappa shape index (κ3) is 2.54. The first-order chi connectivity index (χ1) is 9.76. The molecule has 3 rings (SSSR count). The van der Waals surface area contributed by atoms with Gasteiger partial charge in [-0.25, -0.2) is 4.98 Å². The molecule has 0 amide bonds. The van der Waals surface area contributed by atoms with E-state index in [1.54, 1.807) is 24.7 Å². The molecule has 3 aromatic heterocycles. The van der Waals surface area contributed by atoms with E-state index >= 15 is 0 Å². The Morgan fingerprint density at radius 1 is 1.25 bits per heavy atom. The van der Waals surface area contributed by atoms with E-state index in [1.165, 1.54) is 6.20 Å². The van der Waals surface area contributed by atoms with Gasteiger partial charge >= 0.3 is 0 Å². The lowest BCUT2D eigenvalue weighted by Crippen LogP contribution is -2.07. The van der Waals surface area contributed by atoms with Gasteiger partial charge in [0.25, 0.3) is 5.89 Å². The molecule has 0 fully saturated rings. The molecule has 0 bridgehead atoms. The van der Waals surface area contributed by atoms with Crippen LogP contribution in [0.25, 0.3) is 23.1 Å². The van der Waals surface area contributed by atoms with Gasteiger partial charge in [0.2, 0.25) is 5.82 Å². The van der Waals surface area contributed by atoms with E-state index in [0.29, 0.717) is 41.2 Å². The number of nitrogens with two attached hydrogens (primary N) is 1. The van der Waals surface area contributed by atoms with Crippen LogP contribution < -0.4 is 5.73 Å². The highest BCUT2D eigenvalue weighted by atomic mass is 35.5. The normalized spacial score (nSPS) is 10.9. The van der Waals surface area contributed by atoms with Crippen molar-refractivity contribution in [3.8, 4) is 23.1 Å². The summed E-state index contributed by atoms with van der Waals surface area (Å²) in [6, 6.07) is 3.44. The van der Waals surface area contributed by atoms with Crippen LogP contribution in [-0.2, 0) is 6.54 Å². The number of pyridine rings is 1. The minimum atomic E-state index is 0.340. The molecule has 0 unspecified atom stereocenters. The maximum Gasteiger partial charge on any atom is 0.278 e. The SMILES string of the molecule is NCCn1cnc(-c2nc(-c3ccc(Cl)cn3)no2)c1. The van der Waals surface area contributed by atoms with Crippen LogP contribution in [0, 0.1) is 0 Å². The number of hydrogen-bond donors (Lipinski definition) is 1. The predicted molar refractivity (Wildman–Crippen MR) is 72.8 cm³/mol. The fraction of sp³-hybridized carbons (Fsp3) is 0.167. The van der Waals surface area contributed by atoms with Gasteiger partial charge in [-0.05, 0) is 12.1 Å². The molecule has 0 aromatic carbocycles. The summed E-state index contributed by atoms with van der Waals surface area (Å²) in [5, 5.41) is 4.44. The second-order valence-electron chi connectivity index (χ2n) is 4.07. The minimum absolute atomic E-state index is 0.340. The standard InChI is InChI=1S/C12H11ClN6O/c13-8-1-2-9(15-5-8)11-17-12(20-18-11)10-6-19(4-3-14)7-16-10/h1-2,5-7H,3-4,14H2. The summed E-state index contributed by atoms with van der Waals surface area (Å²) in [6.45, 7) is 1.23. The molecule has 8 heteroatoms. The van der Waals surface area contributed by atoms with Gasteiger partial charge in [-0.1, -0.05) is 16.8 Å². The van der Waals surface area contributed by atoms with Gasteiger partial charge in [0.15, 0.2) is 0 Å². The third-order valence-corrected chi connectivity index (χ3v) is 2.85. The number of nitrogens with zero attached hydrogens (tertiary/aromatic N) is 5. The summed E-state index contributed by atoms with van der Waals surface area (Å²) in [4.78, 5) is 12.6. The van der Waals surface area contributed by atoms with E-state index in [9.17, 15) is 0 Å². The number of imidazole rings is 1. The van der Waals surface area contributed by atoms with Crippen molar-refractivity contribution in [3.05, 3.63) is 35.9 Å². The zero-order chi connectivity index (χ0) is 13.9. The van der Waals surface area contributed by atoms with Crippen molar-refractivity contribution in [2.24, 2.45) is 5.73 Å². The molecule has 20 heavy (non-hydrogen) atoms. The molecule has 0 aliphatic carbocycles. The van der Waals surface area contributed by atoms with E-state index in [0.717, 1.165) is 0 Å². The van der Waals surface area contributed by atoms with E-state index < -0.39 is 0 Å². The molecular weight excluding hydrogens is 280 g/mol. The van der Waals surface area contributed by atoms with Gasteiger partial charge < -0.3 is 14.8 Å².